The van der Waals surface area contributed by atoms with Gasteiger partial charge < -0.3 is 25.2 Å². The highest BCUT2D eigenvalue weighted by atomic mass is 16.5. The molecule has 1 unspecified atom stereocenters. The van der Waals surface area contributed by atoms with Gasteiger partial charge in [0.1, 0.15) is 17.5 Å². The monoisotopic (exact) mass is 490 g/mol. The van der Waals surface area contributed by atoms with Gasteiger partial charge in [-0.2, -0.15) is 0 Å². The number of hydrogen-bond acceptors (Lipinski definition) is 7. The molecule has 1 aliphatic heterocycles. The van der Waals surface area contributed by atoms with Crippen molar-refractivity contribution in [2.45, 2.75) is 103 Å². The van der Waals surface area contributed by atoms with Crippen molar-refractivity contribution >= 4 is 11.8 Å². The van der Waals surface area contributed by atoms with E-state index in [0.717, 1.165) is 18.4 Å². The molecule has 0 aromatic rings. The largest absolute Gasteiger partial charge is 0.458 e. The van der Waals surface area contributed by atoms with E-state index in [0.29, 0.717) is 44.1 Å². The van der Waals surface area contributed by atoms with Gasteiger partial charge in [0, 0.05) is 30.9 Å². The average Bonchev–Trinajstić information content (AvgIpc) is 3.06. The fraction of sp³-hybridized carbons (Fsp3) is 0.857. The third-order valence-electron chi connectivity index (χ3n) is 11.6. The smallest absolute Gasteiger partial charge is 0.333 e. The molecule has 4 N–H and O–H groups in total. The van der Waals surface area contributed by atoms with Gasteiger partial charge in [0.15, 0.2) is 0 Å². The molecule has 0 aromatic heterocycles. The number of fused-ring (bicyclic) bond motifs is 5. The number of aliphatic hydroxyl groups is 4. The number of rotatable bonds is 3. The maximum Gasteiger partial charge on any atom is 0.333 e. The number of ether oxygens (including phenoxy) is 1. The Bertz CT molecular complexity index is 944. The predicted octanol–water partition coefficient (Wildman–Crippen LogP) is 2.53. The molecule has 11 atom stereocenters. The molecule has 5 rings (SSSR count). The van der Waals surface area contributed by atoms with Gasteiger partial charge in [-0.05, 0) is 88.4 Å². The van der Waals surface area contributed by atoms with E-state index in [-0.39, 0.29) is 53.4 Å². The molecule has 4 saturated carbocycles. The van der Waals surface area contributed by atoms with Crippen LogP contribution in [0.15, 0.2) is 11.1 Å². The molecule has 196 valence electrons. The fourth-order valence-corrected chi connectivity index (χ4v) is 9.52. The minimum absolute atomic E-state index is 0.0348. The summed E-state index contributed by atoms with van der Waals surface area (Å²) in [5, 5.41) is 44.8. The number of Topliss-reactive ketones (excluding diaryl/α,β-unsaturated/α-hetero) is 1. The van der Waals surface area contributed by atoms with Crippen molar-refractivity contribution in [1.82, 2.24) is 0 Å². The zero-order valence-electron chi connectivity index (χ0n) is 21.5. The summed E-state index contributed by atoms with van der Waals surface area (Å²) >= 11 is 0. The van der Waals surface area contributed by atoms with E-state index in [1.807, 2.05) is 13.8 Å². The fourth-order valence-electron chi connectivity index (χ4n) is 9.52. The molecule has 7 heteroatoms. The Morgan fingerprint density at radius 2 is 1.83 bits per heavy atom. The highest BCUT2D eigenvalue weighted by Gasteiger charge is 2.71. The second kappa shape index (κ2) is 8.37. The lowest BCUT2D eigenvalue weighted by molar-refractivity contribution is -0.246. The van der Waals surface area contributed by atoms with E-state index in [1.165, 1.54) is 0 Å². The summed E-state index contributed by atoms with van der Waals surface area (Å²) in [5.74, 6) is -0.974. The first-order valence-electron chi connectivity index (χ1n) is 13.5. The summed E-state index contributed by atoms with van der Waals surface area (Å²) < 4.78 is 5.78. The SMILES string of the molecule is CC1=C(C)C(=O)O[C@@H]([C@@H](CO)[C@H]2CC(O)[C@H]3[C@@H]4C[C@@H](O)[C@@]5(O)CCCC(=O)[C@]5(C)[C@H]4CC[C@]23C)C1. The van der Waals surface area contributed by atoms with Crippen LogP contribution in [-0.4, -0.2) is 62.7 Å². The molecule has 4 aliphatic carbocycles. The van der Waals surface area contributed by atoms with Crippen molar-refractivity contribution < 1.29 is 34.8 Å². The molecule has 0 bridgehead atoms. The van der Waals surface area contributed by atoms with Gasteiger partial charge in [0.25, 0.3) is 0 Å². The average molecular weight is 491 g/mol. The minimum atomic E-state index is -1.41. The van der Waals surface area contributed by atoms with E-state index in [4.69, 9.17) is 4.74 Å². The van der Waals surface area contributed by atoms with E-state index in [1.54, 1.807) is 6.92 Å². The van der Waals surface area contributed by atoms with Crippen LogP contribution in [0.1, 0.15) is 79.1 Å². The Labute approximate surface area is 207 Å². The lowest BCUT2D eigenvalue weighted by Gasteiger charge is -2.64. The van der Waals surface area contributed by atoms with Gasteiger partial charge in [-0.15, -0.1) is 0 Å². The summed E-state index contributed by atoms with van der Waals surface area (Å²) in [6.45, 7) is 7.60. The zero-order valence-corrected chi connectivity index (χ0v) is 21.5. The molecular weight excluding hydrogens is 448 g/mol. The van der Waals surface area contributed by atoms with Crippen molar-refractivity contribution in [2.24, 2.45) is 40.4 Å². The third-order valence-corrected chi connectivity index (χ3v) is 11.6. The van der Waals surface area contributed by atoms with E-state index in [9.17, 15) is 30.0 Å². The van der Waals surface area contributed by atoms with Crippen molar-refractivity contribution in [1.29, 1.82) is 0 Å². The molecule has 0 aromatic carbocycles. The Balaban J connectivity index is 1.48. The number of hydrogen-bond donors (Lipinski definition) is 4. The van der Waals surface area contributed by atoms with Crippen LogP contribution in [-0.2, 0) is 14.3 Å². The summed E-state index contributed by atoms with van der Waals surface area (Å²) in [5.41, 5.74) is -1.14. The first-order chi connectivity index (χ1) is 16.4. The lowest BCUT2D eigenvalue weighted by atomic mass is 9.42. The maximum absolute atomic E-state index is 13.3. The quantitative estimate of drug-likeness (QED) is 0.448. The van der Waals surface area contributed by atoms with Crippen molar-refractivity contribution in [2.75, 3.05) is 6.61 Å². The number of carbonyl (C=O) groups is 2. The first kappa shape index (κ1) is 25.4. The van der Waals surface area contributed by atoms with Gasteiger partial charge in [-0.3, -0.25) is 4.79 Å². The van der Waals surface area contributed by atoms with Gasteiger partial charge in [0.05, 0.1) is 17.6 Å². The van der Waals surface area contributed by atoms with Crippen LogP contribution in [0.5, 0.6) is 0 Å². The number of esters is 1. The van der Waals surface area contributed by atoms with Crippen molar-refractivity contribution in [3.63, 3.8) is 0 Å². The molecule has 35 heavy (non-hydrogen) atoms. The normalized spacial score (nSPS) is 50.8. The lowest BCUT2D eigenvalue weighted by Crippen LogP contribution is -2.70. The molecule has 1 heterocycles. The van der Waals surface area contributed by atoms with Crippen LogP contribution < -0.4 is 0 Å². The minimum Gasteiger partial charge on any atom is -0.458 e. The third kappa shape index (κ3) is 3.30. The van der Waals surface area contributed by atoms with Gasteiger partial charge >= 0.3 is 5.97 Å². The van der Waals surface area contributed by atoms with Crippen LogP contribution in [0.3, 0.4) is 0 Å². The first-order valence-corrected chi connectivity index (χ1v) is 13.5. The molecule has 5 aliphatic rings. The highest BCUT2D eigenvalue weighted by molar-refractivity contribution is 5.89. The summed E-state index contributed by atoms with van der Waals surface area (Å²) in [6, 6.07) is 0. The van der Waals surface area contributed by atoms with E-state index in [2.05, 4.69) is 6.92 Å². The van der Waals surface area contributed by atoms with Gasteiger partial charge in [-0.1, -0.05) is 12.5 Å². The van der Waals surface area contributed by atoms with Crippen molar-refractivity contribution in [3.05, 3.63) is 11.1 Å². The summed E-state index contributed by atoms with van der Waals surface area (Å²) in [6.07, 6.45) is 2.33. The zero-order chi connectivity index (χ0) is 25.5. The Kier molecular flexibility index (Phi) is 6.07. The molecule has 0 amide bonds. The molecule has 0 radical (unpaired) electrons. The van der Waals surface area contributed by atoms with Crippen LogP contribution in [0.25, 0.3) is 0 Å². The number of carbonyl (C=O) groups excluding carboxylic acids is 2. The van der Waals surface area contributed by atoms with Crippen molar-refractivity contribution in [3.8, 4) is 0 Å². The number of cyclic esters (lactones) is 1. The Hall–Kier alpha value is -1.28. The van der Waals surface area contributed by atoms with E-state index < -0.39 is 29.3 Å². The summed E-state index contributed by atoms with van der Waals surface area (Å²) in [4.78, 5) is 25.7. The van der Waals surface area contributed by atoms with Crippen LogP contribution >= 0.6 is 0 Å². The molecule has 4 fully saturated rings. The second-order valence-corrected chi connectivity index (χ2v) is 12.8. The summed E-state index contributed by atoms with van der Waals surface area (Å²) in [7, 11) is 0. The van der Waals surface area contributed by atoms with Gasteiger partial charge in [0.2, 0.25) is 0 Å². The number of aliphatic hydroxyl groups excluding tert-OH is 3. The maximum atomic E-state index is 13.3. The number of ketones is 1. The Morgan fingerprint density at radius 3 is 2.49 bits per heavy atom. The Morgan fingerprint density at radius 1 is 1.11 bits per heavy atom. The van der Waals surface area contributed by atoms with E-state index >= 15 is 0 Å². The topological polar surface area (TPSA) is 124 Å². The second-order valence-electron chi connectivity index (χ2n) is 12.8. The predicted molar refractivity (Wildman–Crippen MR) is 128 cm³/mol. The molecule has 0 saturated heterocycles. The molecular formula is C28H42O7. The van der Waals surface area contributed by atoms with Gasteiger partial charge in [-0.25, -0.2) is 4.79 Å². The molecule has 0 spiro atoms. The van der Waals surface area contributed by atoms with Crippen LogP contribution in [0, 0.1) is 40.4 Å². The van der Waals surface area contributed by atoms with Crippen LogP contribution in [0.2, 0.25) is 0 Å². The van der Waals surface area contributed by atoms with Crippen LogP contribution in [0.4, 0.5) is 0 Å². The molecule has 7 nitrogen and oxygen atoms in total. The highest BCUT2D eigenvalue weighted by Crippen LogP contribution is 2.68. The standard InChI is InChI=1S/C28H42O7/c1-14-10-21(35-25(33)15(14)2)17(13-29)19-12-20(30)24-16-11-23(32)28(34)8-5-6-22(31)27(28,4)18(16)7-9-26(19,24)3/h16-21,23-24,29-30,32,34H,5-13H2,1-4H3/t16-,17+,18+,19-,20?,21-,23-,24-,26-,27+,28+/m1/s1.